The first kappa shape index (κ1) is 40.6. The largest absolute Gasteiger partial charge is 0.468 e. The van der Waals surface area contributed by atoms with Crippen molar-refractivity contribution < 1.29 is 32.7 Å². The molecule has 2 amide bonds. The van der Waals surface area contributed by atoms with E-state index in [4.69, 9.17) is 18.3 Å². The second-order valence-electron chi connectivity index (χ2n) is 16.6. The Hall–Kier alpha value is -3.21. The van der Waals surface area contributed by atoms with Gasteiger partial charge in [0.05, 0.1) is 19.8 Å². The lowest BCUT2D eigenvalue weighted by atomic mass is 9.63. The molecule has 1 aliphatic carbocycles. The van der Waals surface area contributed by atoms with Gasteiger partial charge in [-0.3, -0.25) is 14.5 Å². The predicted molar refractivity (Wildman–Crippen MR) is 201 cm³/mol. The van der Waals surface area contributed by atoms with Crippen LogP contribution >= 0.6 is 0 Å². The number of rotatable bonds is 13. The Morgan fingerprint density at radius 3 is 2.22 bits per heavy atom. The molecule has 0 saturated carbocycles. The first-order valence-electron chi connectivity index (χ1n) is 18.9. The van der Waals surface area contributed by atoms with Crippen molar-refractivity contribution in [3.05, 3.63) is 23.2 Å². The molecule has 2 aliphatic heterocycles. The third kappa shape index (κ3) is 7.79. The van der Waals surface area contributed by atoms with Crippen molar-refractivity contribution in [2.75, 3.05) is 26.8 Å². The second kappa shape index (κ2) is 16.2. The Balaban J connectivity index is 1.90. The first-order valence-corrected chi connectivity index (χ1v) is 21.1. The summed E-state index contributed by atoms with van der Waals surface area (Å²) in [6.45, 7) is 24.0. The number of aryl methyl sites for hydroxylation is 1. The molecule has 0 bridgehead atoms. The van der Waals surface area contributed by atoms with Gasteiger partial charge in [0.15, 0.2) is 8.32 Å². The molecule has 282 valence electrons. The van der Waals surface area contributed by atoms with E-state index in [1.54, 1.807) is 0 Å². The van der Waals surface area contributed by atoms with Crippen LogP contribution in [0, 0.1) is 35.0 Å². The lowest BCUT2D eigenvalue weighted by molar-refractivity contribution is -0.163. The third-order valence-electron chi connectivity index (χ3n) is 11.4. The van der Waals surface area contributed by atoms with Crippen LogP contribution in [0.1, 0.15) is 137 Å². The topological polar surface area (TPSA) is 98.5 Å². The molecule has 2 saturated heterocycles. The van der Waals surface area contributed by atoms with Gasteiger partial charge < -0.3 is 23.2 Å². The molecule has 5 atom stereocenters. The summed E-state index contributed by atoms with van der Waals surface area (Å²) in [6, 6.07) is 1.07. The highest BCUT2D eigenvalue weighted by Gasteiger charge is 2.71. The van der Waals surface area contributed by atoms with Crippen LogP contribution in [0.25, 0.3) is 0 Å². The van der Waals surface area contributed by atoms with E-state index in [-0.39, 0.29) is 11.9 Å². The summed E-state index contributed by atoms with van der Waals surface area (Å²) < 4.78 is 25.5. The van der Waals surface area contributed by atoms with Crippen LogP contribution in [0.3, 0.4) is 0 Å². The standard InChI is InChI=1S/C41H62N2O7Si/c1-13-15-17-18-20-22-42-26-41-24-30(25-48-51(27(3)4,28(5)6)29(7)8)43(39(46)50-40(9,10)11)36(41)35-32(23-31(49-35)21-19-16-14-2)34(41)33(37(42)44)38(45)47-12/h23,27-30,33-34,36H,17-22,24-26H2,1-12H3/t30-,33+,34-,36+,41+/m1/s1. The van der Waals surface area contributed by atoms with Crippen LogP contribution in [-0.2, 0) is 29.9 Å². The number of unbranched alkanes of at least 4 members (excludes halogenated alkanes) is 2. The summed E-state index contributed by atoms with van der Waals surface area (Å²) in [7, 11) is -0.988. The highest BCUT2D eigenvalue weighted by molar-refractivity contribution is 6.77. The van der Waals surface area contributed by atoms with E-state index >= 15 is 0 Å². The van der Waals surface area contributed by atoms with Gasteiger partial charge in [0.1, 0.15) is 29.1 Å². The number of piperidine rings is 1. The number of nitrogens with zero attached hydrogens (tertiary/aromatic N) is 2. The number of hydrogen-bond acceptors (Lipinski definition) is 7. The molecule has 0 N–H and O–H groups in total. The Morgan fingerprint density at radius 2 is 1.65 bits per heavy atom. The molecule has 0 radical (unpaired) electrons. The summed E-state index contributed by atoms with van der Waals surface area (Å²) >= 11 is 0. The molecule has 1 aromatic heterocycles. The quantitative estimate of drug-likeness (QED) is 0.0663. The van der Waals surface area contributed by atoms with Crippen LogP contribution in [0.5, 0.6) is 0 Å². The number of ether oxygens (including phenoxy) is 2. The molecule has 2 fully saturated rings. The van der Waals surface area contributed by atoms with Crippen molar-refractivity contribution in [3.63, 3.8) is 0 Å². The molecule has 3 heterocycles. The number of methoxy groups -OCH3 is 1. The van der Waals surface area contributed by atoms with Gasteiger partial charge in [-0.15, -0.1) is 23.7 Å². The van der Waals surface area contributed by atoms with Gasteiger partial charge in [-0.1, -0.05) is 41.5 Å². The number of carbonyl (C=O) groups excluding carboxylic acids is 3. The zero-order valence-corrected chi connectivity index (χ0v) is 34.2. The SMILES string of the molecule is CC#CCCCCN1C[C@]23C[C@H](CO[Si](C(C)C)(C(C)C)C(C)C)N(C(=O)OC(C)(C)C)[C@H]2c2oc(CCC#CC)cc2[C@@H]3[C@H](C(=O)OC)C1=O. The molecule has 0 unspecified atom stereocenters. The number of carbonyl (C=O) groups is 3. The van der Waals surface area contributed by atoms with Gasteiger partial charge in [-0.2, -0.15) is 0 Å². The van der Waals surface area contributed by atoms with Gasteiger partial charge >= 0.3 is 12.1 Å². The van der Waals surface area contributed by atoms with Crippen molar-refractivity contribution >= 4 is 26.3 Å². The van der Waals surface area contributed by atoms with E-state index in [0.29, 0.717) is 61.3 Å². The minimum atomic E-state index is -2.33. The molecule has 9 nitrogen and oxygen atoms in total. The summed E-state index contributed by atoms with van der Waals surface area (Å²) in [6.07, 6.45) is 3.60. The number of amides is 2. The molecule has 51 heavy (non-hydrogen) atoms. The Morgan fingerprint density at radius 1 is 1.02 bits per heavy atom. The van der Waals surface area contributed by atoms with Gasteiger partial charge in [0.2, 0.25) is 5.91 Å². The highest BCUT2D eigenvalue weighted by Crippen LogP contribution is 2.68. The molecule has 1 aromatic rings. The number of esters is 1. The van der Waals surface area contributed by atoms with Crippen LogP contribution < -0.4 is 0 Å². The highest BCUT2D eigenvalue weighted by atomic mass is 28.4. The summed E-state index contributed by atoms with van der Waals surface area (Å²) in [5, 5.41) is 0. The fourth-order valence-electron chi connectivity index (χ4n) is 9.67. The maximum Gasteiger partial charge on any atom is 0.411 e. The van der Waals surface area contributed by atoms with Crippen LogP contribution in [0.2, 0.25) is 16.6 Å². The Labute approximate surface area is 308 Å². The van der Waals surface area contributed by atoms with Crippen LogP contribution in [0.4, 0.5) is 4.79 Å². The number of hydrogen-bond donors (Lipinski definition) is 0. The Bertz CT molecular complexity index is 1530. The lowest BCUT2D eigenvalue weighted by Crippen LogP contribution is -2.57. The van der Waals surface area contributed by atoms with Gasteiger partial charge in [0, 0.05) is 49.2 Å². The van der Waals surface area contributed by atoms with E-state index in [9.17, 15) is 14.4 Å². The number of likely N-dealkylation sites (tertiary alicyclic amines) is 2. The van der Waals surface area contributed by atoms with Gasteiger partial charge in [-0.05, 0) is 76.6 Å². The predicted octanol–water partition coefficient (Wildman–Crippen LogP) is 8.39. The second-order valence-corrected chi connectivity index (χ2v) is 22.1. The van der Waals surface area contributed by atoms with E-state index in [2.05, 4.69) is 65.2 Å². The number of furan rings is 1. The molecule has 1 spiro atoms. The lowest BCUT2D eigenvalue weighted by Gasteiger charge is -2.47. The first-order chi connectivity index (χ1) is 24.0. The average molecular weight is 723 g/mol. The Kier molecular flexibility index (Phi) is 12.9. The average Bonchev–Trinajstić information content (AvgIpc) is 3.65. The smallest absolute Gasteiger partial charge is 0.411 e. The van der Waals surface area contributed by atoms with E-state index in [1.165, 1.54) is 7.11 Å². The van der Waals surface area contributed by atoms with E-state index in [1.807, 2.05) is 50.5 Å². The maximum absolute atomic E-state index is 14.5. The van der Waals surface area contributed by atoms with Gasteiger partial charge in [0.25, 0.3) is 0 Å². The van der Waals surface area contributed by atoms with Crippen molar-refractivity contribution in [2.45, 2.75) is 155 Å². The fourth-order valence-corrected chi connectivity index (χ4v) is 15.2. The van der Waals surface area contributed by atoms with Crippen molar-refractivity contribution in [2.24, 2.45) is 11.3 Å². The summed E-state index contributed by atoms with van der Waals surface area (Å²) in [5.41, 5.74) is 0.414. The van der Waals surface area contributed by atoms with Gasteiger partial charge in [-0.25, -0.2) is 4.79 Å². The molecule has 3 aliphatic rings. The summed E-state index contributed by atoms with van der Waals surface area (Å²) in [4.78, 5) is 46.4. The molecular formula is C41H62N2O7Si. The molecule has 4 rings (SSSR count). The van der Waals surface area contributed by atoms with Crippen LogP contribution in [0.15, 0.2) is 10.5 Å². The van der Waals surface area contributed by atoms with Crippen molar-refractivity contribution in [1.29, 1.82) is 0 Å². The van der Waals surface area contributed by atoms with Crippen molar-refractivity contribution in [3.8, 4) is 23.7 Å². The van der Waals surface area contributed by atoms with Crippen LogP contribution in [-0.4, -0.2) is 74.5 Å². The monoisotopic (exact) mass is 722 g/mol. The third-order valence-corrected chi connectivity index (χ3v) is 17.5. The minimum Gasteiger partial charge on any atom is -0.468 e. The van der Waals surface area contributed by atoms with Crippen molar-refractivity contribution in [1.82, 2.24) is 9.80 Å². The molecule has 0 aromatic carbocycles. The normalized spacial score (nSPS) is 24.2. The van der Waals surface area contributed by atoms with E-state index in [0.717, 1.165) is 30.6 Å². The molecular weight excluding hydrogens is 661 g/mol. The summed E-state index contributed by atoms with van der Waals surface area (Å²) in [5.74, 6) is 11.1. The minimum absolute atomic E-state index is 0.236. The number of fused-ring (bicyclic) bond motifs is 3. The maximum atomic E-state index is 14.5. The fraction of sp³-hybridized carbons (Fsp3) is 0.732. The zero-order chi connectivity index (χ0) is 37.9. The molecule has 10 heteroatoms. The van der Waals surface area contributed by atoms with E-state index < -0.39 is 49.3 Å². The zero-order valence-electron chi connectivity index (χ0n) is 33.2.